The van der Waals surface area contributed by atoms with Gasteiger partial charge < -0.3 is 20.5 Å². The Morgan fingerprint density at radius 1 is 1.00 bits per heavy atom. The monoisotopic (exact) mass is 403 g/mol. The number of nitrogens with zero attached hydrogens (tertiary/aromatic N) is 4. The van der Waals surface area contributed by atoms with Crippen LogP contribution in [-0.4, -0.2) is 46.1 Å². The highest BCUT2D eigenvalue weighted by Crippen LogP contribution is 2.33. The van der Waals surface area contributed by atoms with E-state index in [4.69, 9.17) is 4.98 Å². The van der Waals surface area contributed by atoms with Gasteiger partial charge in [-0.25, -0.2) is 19.3 Å². The van der Waals surface area contributed by atoms with Crippen molar-refractivity contribution < 1.29 is 4.39 Å². The molecule has 8 heteroatoms. The normalized spacial score (nSPS) is 14.2. The number of pyridine rings is 1. The maximum absolute atomic E-state index is 14.4. The molecule has 7 nitrogen and oxygen atoms in total. The maximum atomic E-state index is 14.4. The van der Waals surface area contributed by atoms with E-state index in [0.717, 1.165) is 48.6 Å². The second-order valence-corrected chi connectivity index (χ2v) is 7.21. The number of benzene rings is 1. The van der Waals surface area contributed by atoms with Gasteiger partial charge in [0.15, 0.2) is 0 Å². The lowest BCUT2D eigenvalue weighted by Gasteiger charge is -2.28. The first kappa shape index (κ1) is 18.5. The average molecular weight is 403 g/mol. The fourth-order valence-corrected chi connectivity index (χ4v) is 3.80. The van der Waals surface area contributed by atoms with Gasteiger partial charge in [0.2, 0.25) is 0 Å². The lowest BCUT2D eigenvalue weighted by atomic mass is 10.1. The smallest absolute Gasteiger partial charge is 0.143 e. The first-order valence-corrected chi connectivity index (χ1v) is 10.0. The lowest BCUT2D eigenvalue weighted by molar-refractivity contribution is 0.584. The molecule has 5 rings (SSSR count). The number of piperazine rings is 1. The molecule has 0 spiro atoms. The summed E-state index contributed by atoms with van der Waals surface area (Å²) in [4.78, 5) is 18.9. The minimum atomic E-state index is -0.279. The molecule has 3 N–H and O–H groups in total. The highest BCUT2D eigenvalue weighted by atomic mass is 19.1. The van der Waals surface area contributed by atoms with E-state index in [2.05, 4.69) is 30.5 Å². The molecule has 0 atom stereocenters. The average Bonchev–Trinajstić information content (AvgIpc) is 3.23. The Bertz CT molecular complexity index is 1170. The molecule has 0 bridgehead atoms. The Morgan fingerprint density at radius 3 is 2.73 bits per heavy atom. The molecule has 1 aliphatic rings. The molecule has 1 fully saturated rings. The first-order valence-electron chi connectivity index (χ1n) is 10.0. The number of aromatic amines is 1. The Hall–Kier alpha value is -3.52. The van der Waals surface area contributed by atoms with E-state index in [-0.39, 0.29) is 5.82 Å². The molecule has 0 aliphatic carbocycles. The van der Waals surface area contributed by atoms with Gasteiger partial charge >= 0.3 is 0 Å². The van der Waals surface area contributed by atoms with Crippen LogP contribution in [0, 0.1) is 5.82 Å². The minimum absolute atomic E-state index is 0.279. The van der Waals surface area contributed by atoms with Crippen LogP contribution in [-0.2, 0) is 6.54 Å². The van der Waals surface area contributed by atoms with E-state index in [9.17, 15) is 4.39 Å². The summed E-state index contributed by atoms with van der Waals surface area (Å²) in [5.41, 5.74) is 2.82. The van der Waals surface area contributed by atoms with Gasteiger partial charge in [-0.15, -0.1) is 0 Å². The zero-order valence-corrected chi connectivity index (χ0v) is 16.4. The van der Waals surface area contributed by atoms with Crippen molar-refractivity contribution in [3.05, 3.63) is 66.5 Å². The summed E-state index contributed by atoms with van der Waals surface area (Å²) in [6, 6.07) is 12.8. The van der Waals surface area contributed by atoms with Crippen molar-refractivity contribution in [1.82, 2.24) is 25.3 Å². The Morgan fingerprint density at radius 2 is 1.87 bits per heavy atom. The van der Waals surface area contributed by atoms with Crippen molar-refractivity contribution in [3.8, 4) is 11.1 Å². The van der Waals surface area contributed by atoms with Crippen molar-refractivity contribution >= 4 is 22.7 Å². The van der Waals surface area contributed by atoms with E-state index in [1.807, 2.05) is 24.3 Å². The Balaban J connectivity index is 1.43. The SMILES string of the molecule is Fc1ccccc1-c1c[nH]c2ncnc(NCc3cccc(N4CCNCC4)n3)c12. The van der Waals surface area contributed by atoms with E-state index in [0.29, 0.717) is 23.6 Å². The summed E-state index contributed by atoms with van der Waals surface area (Å²) < 4.78 is 14.4. The predicted octanol–water partition coefficient (Wildman–Crippen LogP) is 3.18. The number of fused-ring (bicyclic) bond motifs is 1. The van der Waals surface area contributed by atoms with Gasteiger partial charge in [-0.3, -0.25) is 0 Å². The molecular weight excluding hydrogens is 381 g/mol. The van der Waals surface area contributed by atoms with Crippen molar-refractivity contribution in [1.29, 1.82) is 0 Å². The summed E-state index contributed by atoms with van der Waals surface area (Å²) in [5, 5.41) is 7.48. The zero-order chi connectivity index (χ0) is 20.3. The molecule has 0 amide bonds. The molecule has 4 heterocycles. The predicted molar refractivity (Wildman–Crippen MR) is 116 cm³/mol. The van der Waals surface area contributed by atoms with Crippen LogP contribution in [0.3, 0.4) is 0 Å². The number of anilines is 2. The maximum Gasteiger partial charge on any atom is 0.143 e. The van der Waals surface area contributed by atoms with E-state index in [1.165, 1.54) is 12.4 Å². The van der Waals surface area contributed by atoms with Gasteiger partial charge in [-0.2, -0.15) is 0 Å². The van der Waals surface area contributed by atoms with Gasteiger partial charge in [-0.1, -0.05) is 24.3 Å². The summed E-state index contributed by atoms with van der Waals surface area (Å²) in [7, 11) is 0. The van der Waals surface area contributed by atoms with Crippen molar-refractivity contribution in [2.24, 2.45) is 0 Å². The highest BCUT2D eigenvalue weighted by molar-refractivity contribution is 6.00. The number of aromatic nitrogens is 4. The standard InChI is InChI=1S/C22H22FN7/c23-18-6-2-1-5-16(18)17-13-26-22-20(17)21(27-14-28-22)25-12-15-4-3-7-19(29-15)30-10-8-24-9-11-30/h1-7,13-14,24H,8-12H2,(H2,25,26,27,28). The third-order valence-corrected chi connectivity index (χ3v) is 5.30. The minimum Gasteiger partial charge on any atom is -0.364 e. The third kappa shape index (κ3) is 3.57. The lowest BCUT2D eigenvalue weighted by Crippen LogP contribution is -2.43. The van der Waals surface area contributed by atoms with E-state index in [1.54, 1.807) is 18.3 Å². The molecule has 0 unspecified atom stereocenters. The Labute approximate surface area is 173 Å². The van der Waals surface area contributed by atoms with Crippen molar-refractivity contribution in [2.45, 2.75) is 6.54 Å². The largest absolute Gasteiger partial charge is 0.364 e. The highest BCUT2D eigenvalue weighted by Gasteiger charge is 2.16. The second kappa shape index (κ2) is 8.08. The summed E-state index contributed by atoms with van der Waals surface area (Å²) in [6.45, 7) is 4.34. The molecule has 30 heavy (non-hydrogen) atoms. The van der Waals surface area contributed by atoms with Gasteiger partial charge in [-0.05, 0) is 18.2 Å². The van der Waals surface area contributed by atoms with Gasteiger partial charge in [0.1, 0.15) is 29.4 Å². The molecule has 0 radical (unpaired) electrons. The molecule has 1 saturated heterocycles. The van der Waals surface area contributed by atoms with E-state index >= 15 is 0 Å². The number of nitrogens with one attached hydrogen (secondary N) is 3. The van der Waals surface area contributed by atoms with Gasteiger partial charge in [0, 0.05) is 43.5 Å². The molecule has 1 aliphatic heterocycles. The van der Waals surface area contributed by atoms with Crippen LogP contribution in [0.5, 0.6) is 0 Å². The van der Waals surface area contributed by atoms with Gasteiger partial charge in [0.05, 0.1) is 17.6 Å². The molecule has 3 aromatic heterocycles. The summed E-state index contributed by atoms with van der Waals surface area (Å²) >= 11 is 0. The van der Waals surface area contributed by atoms with Crippen molar-refractivity contribution in [3.63, 3.8) is 0 Å². The van der Waals surface area contributed by atoms with Crippen LogP contribution in [0.4, 0.5) is 16.0 Å². The van der Waals surface area contributed by atoms with Crippen LogP contribution in [0.15, 0.2) is 55.0 Å². The molecule has 0 saturated carbocycles. The van der Waals surface area contributed by atoms with Crippen LogP contribution >= 0.6 is 0 Å². The summed E-state index contributed by atoms with van der Waals surface area (Å²) in [6.07, 6.45) is 3.27. The molecule has 1 aromatic carbocycles. The van der Waals surface area contributed by atoms with Crippen LogP contribution < -0.4 is 15.5 Å². The topological polar surface area (TPSA) is 81.8 Å². The quantitative estimate of drug-likeness (QED) is 0.475. The van der Waals surface area contributed by atoms with Gasteiger partial charge in [0.25, 0.3) is 0 Å². The zero-order valence-electron chi connectivity index (χ0n) is 16.4. The Kier molecular flexibility index (Phi) is 4.98. The second-order valence-electron chi connectivity index (χ2n) is 7.21. The van der Waals surface area contributed by atoms with Crippen LogP contribution in [0.25, 0.3) is 22.2 Å². The van der Waals surface area contributed by atoms with Crippen LogP contribution in [0.2, 0.25) is 0 Å². The number of hydrogen-bond acceptors (Lipinski definition) is 6. The first-order chi connectivity index (χ1) is 14.8. The fraction of sp³-hybridized carbons (Fsp3) is 0.227. The molecular formula is C22H22FN7. The van der Waals surface area contributed by atoms with E-state index < -0.39 is 0 Å². The van der Waals surface area contributed by atoms with Crippen LogP contribution in [0.1, 0.15) is 5.69 Å². The molecule has 152 valence electrons. The number of rotatable bonds is 5. The molecule has 4 aromatic rings. The fourth-order valence-electron chi connectivity index (χ4n) is 3.80. The number of hydrogen-bond donors (Lipinski definition) is 3. The number of H-pyrrole nitrogens is 1. The number of halogens is 1. The third-order valence-electron chi connectivity index (χ3n) is 5.30. The van der Waals surface area contributed by atoms with Crippen molar-refractivity contribution in [2.75, 3.05) is 36.4 Å². The summed E-state index contributed by atoms with van der Waals surface area (Å²) in [5.74, 6) is 1.35.